The molecule has 0 aromatic carbocycles. The Balaban J connectivity index is 1.72. The minimum absolute atomic E-state index is 0.142. The standard InChI is InChI=1S/C18H31NO2/c1-17(2)8-13(9-18(3,4)10-17)19-15-12-6-5-11(7-12)14(15)16(20)21/h11-15,19H,5-10H2,1-4H3,(H,20,21). The van der Waals surface area contributed by atoms with E-state index in [0.717, 1.165) is 12.8 Å². The van der Waals surface area contributed by atoms with Crippen LogP contribution in [-0.2, 0) is 4.79 Å². The van der Waals surface area contributed by atoms with Crippen molar-refractivity contribution < 1.29 is 9.90 Å². The zero-order chi connectivity index (χ0) is 15.4. The summed E-state index contributed by atoms with van der Waals surface area (Å²) in [5, 5.41) is 13.4. The predicted octanol–water partition coefficient (Wildman–Crippen LogP) is 3.68. The smallest absolute Gasteiger partial charge is 0.308 e. The highest BCUT2D eigenvalue weighted by Crippen LogP contribution is 2.50. The molecule has 0 spiro atoms. The maximum atomic E-state index is 11.7. The molecular formula is C18H31NO2. The minimum Gasteiger partial charge on any atom is -0.481 e. The number of carboxylic acid groups (broad SMARTS) is 1. The van der Waals surface area contributed by atoms with Crippen molar-refractivity contribution in [3.05, 3.63) is 0 Å². The number of carbonyl (C=O) groups is 1. The van der Waals surface area contributed by atoms with Crippen LogP contribution in [0, 0.1) is 28.6 Å². The van der Waals surface area contributed by atoms with Gasteiger partial charge in [-0.1, -0.05) is 27.7 Å². The van der Waals surface area contributed by atoms with Gasteiger partial charge < -0.3 is 10.4 Å². The summed E-state index contributed by atoms with van der Waals surface area (Å²) >= 11 is 0. The van der Waals surface area contributed by atoms with Gasteiger partial charge in [0.15, 0.2) is 0 Å². The van der Waals surface area contributed by atoms with Crippen LogP contribution in [0.1, 0.15) is 66.2 Å². The van der Waals surface area contributed by atoms with Gasteiger partial charge in [0.25, 0.3) is 0 Å². The first-order valence-electron chi connectivity index (χ1n) is 8.66. The predicted molar refractivity (Wildman–Crippen MR) is 84.1 cm³/mol. The summed E-state index contributed by atoms with van der Waals surface area (Å²) < 4.78 is 0. The lowest BCUT2D eigenvalue weighted by Crippen LogP contribution is -2.52. The zero-order valence-electron chi connectivity index (χ0n) is 14.0. The number of hydrogen-bond acceptors (Lipinski definition) is 2. The van der Waals surface area contributed by atoms with Gasteiger partial charge in [0.2, 0.25) is 0 Å². The third-order valence-electron chi connectivity index (χ3n) is 6.18. The molecule has 4 unspecified atom stereocenters. The molecule has 0 heterocycles. The van der Waals surface area contributed by atoms with E-state index in [0.29, 0.717) is 28.7 Å². The van der Waals surface area contributed by atoms with Crippen LogP contribution < -0.4 is 5.32 Å². The number of nitrogens with one attached hydrogen (secondary N) is 1. The van der Waals surface area contributed by atoms with Gasteiger partial charge in [-0.2, -0.15) is 0 Å². The molecule has 3 aliphatic rings. The molecule has 21 heavy (non-hydrogen) atoms. The molecule has 120 valence electrons. The molecule has 3 rings (SSSR count). The zero-order valence-corrected chi connectivity index (χ0v) is 14.0. The van der Waals surface area contributed by atoms with E-state index in [1.165, 1.54) is 25.7 Å². The molecule has 0 amide bonds. The first kappa shape index (κ1) is 15.3. The third kappa shape index (κ3) is 2.99. The number of carboxylic acids is 1. The summed E-state index contributed by atoms with van der Waals surface area (Å²) in [6.07, 6.45) is 7.10. The van der Waals surface area contributed by atoms with E-state index in [2.05, 4.69) is 33.0 Å². The Hall–Kier alpha value is -0.570. The van der Waals surface area contributed by atoms with E-state index in [1.54, 1.807) is 0 Å². The quantitative estimate of drug-likeness (QED) is 0.834. The summed E-state index contributed by atoms with van der Waals surface area (Å²) in [4.78, 5) is 11.7. The van der Waals surface area contributed by atoms with Gasteiger partial charge in [-0.25, -0.2) is 0 Å². The fraction of sp³-hybridized carbons (Fsp3) is 0.944. The maximum absolute atomic E-state index is 11.7. The molecule has 3 aliphatic carbocycles. The number of rotatable bonds is 3. The lowest BCUT2D eigenvalue weighted by Gasteiger charge is -2.47. The molecule has 0 aliphatic heterocycles. The summed E-state index contributed by atoms with van der Waals surface area (Å²) in [5.74, 6) is 0.310. The second-order valence-corrected chi connectivity index (χ2v) is 9.50. The Morgan fingerprint density at radius 2 is 1.62 bits per heavy atom. The van der Waals surface area contributed by atoms with Gasteiger partial charge in [-0.3, -0.25) is 4.79 Å². The van der Waals surface area contributed by atoms with Gasteiger partial charge in [0.1, 0.15) is 0 Å². The van der Waals surface area contributed by atoms with Crippen LogP contribution in [0.5, 0.6) is 0 Å². The molecule has 3 fully saturated rings. The van der Waals surface area contributed by atoms with E-state index >= 15 is 0 Å². The van der Waals surface area contributed by atoms with Gasteiger partial charge in [-0.15, -0.1) is 0 Å². The maximum Gasteiger partial charge on any atom is 0.308 e. The summed E-state index contributed by atoms with van der Waals surface area (Å²) in [7, 11) is 0. The Morgan fingerprint density at radius 3 is 2.19 bits per heavy atom. The van der Waals surface area contributed by atoms with E-state index in [1.807, 2.05) is 0 Å². The Kier molecular flexibility index (Phi) is 3.63. The monoisotopic (exact) mass is 293 g/mol. The molecule has 2 N–H and O–H groups in total. The van der Waals surface area contributed by atoms with Crippen molar-refractivity contribution in [2.75, 3.05) is 0 Å². The van der Waals surface area contributed by atoms with Crippen molar-refractivity contribution in [3.8, 4) is 0 Å². The van der Waals surface area contributed by atoms with Crippen LogP contribution in [0.2, 0.25) is 0 Å². The van der Waals surface area contributed by atoms with E-state index in [-0.39, 0.29) is 12.0 Å². The number of hydrogen-bond donors (Lipinski definition) is 2. The van der Waals surface area contributed by atoms with Crippen LogP contribution >= 0.6 is 0 Å². The van der Waals surface area contributed by atoms with E-state index in [4.69, 9.17) is 0 Å². The summed E-state index contributed by atoms with van der Waals surface area (Å²) in [6.45, 7) is 9.44. The molecular weight excluding hydrogens is 262 g/mol. The van der Waals surface area contributed by atoms with Gasteiger partial charge in [0, 0.05) is 12.1 Å². The van der Waals surface area contributed by atoms with Crippen LogP contribution in [-0.4, -0.2) is 23.2 Å². The molecule has 0 saturated heterocycles. The average Bonchev–Trinajstić information content (AvgIpc) is 2.83. The fourth-order valence-corrected chi connectivity index (χ4v) is 6.12. The van der Waals surface area contributed by atoms with Gasteiger partial charge in [0.05, 0.1) is 5.92 Å². The molecule has 0 radical (unpaired) electrons. The SMILES string of the molecule is CC1(C)CC(NC2C3CCC(C3)C2C(=O)O)CC(C)(C)C1. The van der Waals surface area contributed by atoms with Crippen molar-refractivity contribution >= 4 is 5.97 Å². The summed E-state index contributed by atoms with van der Waals surface area (Å²) in [5.41, 5.74) is 0.714. The Bertz CT molecular complexity index is 413. The van der Waals surface area contributed by atoms with E-state index < -0.39 is 5.97 Å². The Labute approximate surface area is 128 Å². The molecule has 3 heteroatoms. The normalized spacial score (nSPS) is 41.3. The largest absolute Gasteiger partial charge is 0.481 e. The fourth-order valence-electron chi connectivity index (χ4n) is 6.12. The highest BCUT2D eigenvalue weighted by molar-refractivity contribution is 5.72. The topological polar surface area (TPSA) is 49.3 Å². The van der Waals surface area contributed by atoms with Crippen LogP contribution in [0.4, 0.5) is 0 Å². The van der Waals surface area contributed by atoms with Crippen molar-refractivity contribution in [2.45, 2.75) is 78.3 Å². The molecule has 3 saturated carbocycles. The lowest BCUT2D eigenvalue weighted by atomic mass is 9.63. The van der Waals surface area contributed by atoms with Crippen molar-refractivity contribution in [3.63, 3.8) is 0 Å². The van der Waals surface area contributed by atoms with Crippen molar-refractivity contribution in [1.29, 1.82) is 0 Å². The molecule has 3 nitrogen and oxygen atoms in total. The van der Waals surface area contributed by atoms with Gasteiger partial charge in [-0.05, 0) is 61.2 Å². The highest BCUT2D eigenvalue weighted by atomic mass is 16.4. The minimum atomic E-state index is -0.575. The number of fused-ring (bicyclic) bond motifs is 2. The van der Waals surface area contributed by atoms with Gasteiger partial charge >= 0.3 is 5.97 Å². The van der Waals surface area contributed by atoms with Crippen molar-refractivity contribution in [1.82, 2.24) is 5.32 Å². The lowest BCUT2D eigenvalue weighted by molar-refractivity contribution is -0.144. The molecule has 0 aromatic rings. The third-order valence-corrected chi connectivity index (χ3v) is 6.18. The molecule has 0 aromatic heterocycles. The second kappa shape index (κ2) is 4.97. The first-order chi connectivity index (χ1) is 9.67. The number of aliphatic carboxylic acids is 1. The van der Waals surface area contributed by atoms with E-state index in [9.17, 15) is 9.90 Å². The summed E-state index contributed by atoms with van der Waals surface area (Å²) in [6, 6.07) is 0.700. The molecule has 4 atom stereocenters. The van der Waals surface area contributed by atoms with Crippen LogP contribution in [0.3, 0.4) is 0 Å². The first-order valence-corrected chi connectivity index (χ1v) is 8.66. The van der Waals surface area contributed by atoms with Crippen LogP contribution in [0.15, 0.2) is 0 Å². The Morgan fingerprint density at radius 1 is 1.05 bits per heavy atom. The van der Waals surface area contributed by atoms with Crippen LogP contribution in [0.25, 0.3) is 0 Å². The molecule has 2 bridgehead atoms. The highest BCUT2D eigenvalue weighted by Gasteiger charge is 2.52. The second-order valence-electron chi connectivity index (χ2n) is 9.50. The van der Waals surface area contributed by atoms with Crippen molar-refractivity contribution in [2.24, 2.45) is 28.6 Å². The average molecular weight is 293 g/mol.